The van der Waals surface area contributed by atoms with E-state index in [1.807, 2.05) is 0 Å². The maximum atomic E-state index is 12.4. The summed E-state index contributed by atoms with van der Waals surface area (Å²) in [6, 6.07) is -0.295. The third kappa shape index (κ3) is 4.51. The predicted molar refractivity (Wildman–Crippen MR) is 75.6 cm³/mol. The van der Waals surface area contributed by atoms with Crippen molar-refractivity contribution in [2.45, 2.75) is 44.7 Å². The molecule has 21 heavy (non-hydrogen) atoms. The normalized spacial score (nSPS) is 13.3. The fourth-order valence-corrected chi connectivity index (χ4v) is 3.72. The van der Waals surface area contributed by atoms with Crippen LogP contribution >= 0.6 is 0 Å². The molecule has 0 aliphatic heterocycles. The largest absolute Gasteiger partial charge is 0.480 e. The number of hydrogen-bond donors (Lipinski definition) is 2. The van der Waals surface area contributed by atoms with Crippen molar-refractivity contribution in [3.8, 4) is 0 Å². The van der Waals surface area contributed by atoms with Crippen molar-refractivity contribution >= 4 is 16.0 Å². The van der Waals surface area contributed by atoms with E-state index in [0.717, 1.165) is 0 Å². The fraction of sp³-hybridized carbons (Fsp3) is 0.667. The highest BCUT2D eigenvalue weighted by Crippen LogP contribution is 2.19. The van der Waals surface area contributed by atoms with E-state index in [2.05, 4.69) is 9.82 Å². The van der Waals surface area contributed by atoms with Crippen LogP contribution in [0.15, 0.2) is 4.90 Å². The zero-order valence-corrected chi connectivity index (χ0v) is 13.4. The van der Waals surface area contributed by atoms with E-state index in [1.165, 1.54) is 11.6 Å². The molecule has 1 aromatic heterocycles. The summed E-state index contributed by atoms with van der Waals surface area (Å²) in [7, 11) is -2.20. The van der Waals surface area contributed by atoms with Crippen LogP contribution in [0.1, 0.15) is 24.7 Å². The fourth-order valence-electron chi connectivity index (χ4n) is 2.03. The highest BCUT2D eigenvalue weighted by molar-refractivity contribution is 7.89. The van der Waals surface area contributed by atoms with Gasteiger partial charge in [0, 0.05) is 19.8 Å². The number of carboxylic acid groups (broad SMARTS) is 1. The molecule has 0 aliphatic carbocycles. The van der Waals surface area contributed by atoms with Crippen LogP contribution in [-0.4, -0.2) is 49.0 Å². The number of rotatable bonds is 8. The van der Waals surface area contributed by atoms with Crippen LogP contribution in [0.5, 0.6) is 0 Å². The lowest BCUT2D eigenvalue weighted by atomic mass is 10.3. The molecule has 0 aliphatic rings. The van der Waals surface area contributed by atoms with Gasteiger partial charge in [0.2, 0.25) is 10.0 Å². The minimum absolute atomic E-state index is 0.0352. The molecule has 0 amide bonds. The summed E-state index contributed by atoms with van der Waals surface area (Å²) in [5.41, 5.74) is 0.585. The molecule has 2 N–H and O–H groups in total. The molecule has 1 rings (SSSR count). The predicted octanol–water partition coefficient (Wildman–Crippen LogP) is 0.288. The van der Waals surface area contributed by atoms with Gasteiger partial charge in [0.25, 0.3) is 0 Å². The molecule has 1 heterocycles. The summed E-state index contributed by atoms with van der Waals surface area (Å²) in [4.78, 5) is 10.8. The van der Waals surface area contributed by atoms with Crippen molar-refractivity contribution < 1.29 is 23.1 Å². The van der Waals surface area contributed by atoms with E-state index in [9.17, 15) is 13.2 Å². The van der Waals surface area contributed by atoms with Gasteiger partial charge in [0.1, 0.15) is 11.4 Å². The van der Waals surface area contributed by atoms with Gasteiger partial charge in [0.15, 0.2) is 0 Å². The van der Waals surface area contributed by atoms with E-state index in [-0.39, 0.29) is 23.2 Å². The average molecular weight is 319 g/mol. The summed E-state index contributed by atoms with van der Waals surface area (Å²) in [5.74, 6) is -1.08. The van der Waals surface area contributed by atoms with Crippen LogP contribution in [0.2, 0.25) is 0 Å². The number of methoxy groups -OCH3 is 1. The number of hydrogen-bond acceptors (Lipinski definition) is 5. The standard InChI is InChI=1S/C12H21N3O5S/c1-8(5-6-20-4)14-21(18,19)12-9(2)13-15(10(12)3)7-11(16)17/h8,14H,5-7H2,1-4H3,(H,16,17). The van der Waals surface area contributed by atoms with E-state index in [1.54, 1.807) is 21.0 Å². The molecule has 8 nitrogen and oxygen atoms in total. The third-order valence-electron chi connectivity index (χ3n) is 2.98. The number of nitrogens with one attached hydrogen (secondary N) is 1. The average Bonchev–Trinajstić information content (AvgIpc) is 2.60. The van der Waals surface area contributed by atoms with Gasteiger partial charge >= 0.3 is 5.97 Å². The van der Waals surface area contributed by atoms with Gasteiger partial charge in [-0.25, -0.2) is 13.1 Å². The Morgan fingerprint density at radius 3 is 2.62 bits per heavy atom. The summed E-state index contributed by atoms with van der Waals surface area (Å²) >= 11 is 0. The molecule has 120 valence electrons. The lowest BCUT2D eigenvalue weighted by Gasteiger charge is -2.14. The highest BCUT2D eigenvalue weighted by atomic mass is 32.2. The molecule has 1 atom stereocenters. The Bertz CT molecular complexity index is 609. The number of nitrogens with zero attached hydrogens (tertiary/aromatic N) is 2. The van der Waals surface area contributed by atoms with Gasteiger partial charge in [-0.15, -0.1) is 0 Å². The minimum Gasteiger partial charge on any atom is -0.480 e. The smallest absolute Gasteiger partial charge is 0.325 e. The Hall–Kier alpha value is -1.45. The molecular weight excluding hydrogens is 298 g/mol. The maximum absolute atomic E-state index is 12.4. The van der Waals surface area contributed by atoms with E-state index >= 15 is 0 Å². The molecule has 1 aromatic rings. The van der Waals surface area contributed by atoms with Crippen LogP contribution in [0.4, 0.5) is 0 Å². The van der Waals surface area contributed by atoms with Crippen molar-refractivity contribution in [1.29, 1.82) is 0 Å². The second-order valence-corrected chi connectivity index (χ2v) is 6.51. The first-order valence-electron chi connectivity index (χ1n) is 6.46. The van der Waals surface area contributed by atoms with Gasteiger partial charge in [-0.3, -0.25) is 9.48 Å². The first-order valence-corrected chi connectivity index (χ1v) is 7.94. The molecule has 0 saturated heterocycles. The van der Waals surface area contributed by atoms with E-state index in [4.69, 9.17) is 9.84 Å². The molecule has 0 aromatic carbocycles. The summed E-state index contributed by atoms with van der Waals surface area (Å²) in [6.45, 7) is 4.89. The second-order valence-electron chi connectivity index (χ2n) is 4.86. The number of ether oxygens (including phenoxy) is 1. The number of aryl methyl sites for hydroxylation is 1. The summed E-state index contributed by atoms with van der Waals surface area (Å²) < 4.78 is 33.4. The van der Waals surface area contributed by atoms with Crippen LogP contribution in [0.25, 0.3) is 0 Å². The van der Waals surface area contributed by atoms with Gasteiger partial charge < -0.3 is 9.84 Å². The van der Waals surface area contributed by atoms with Gasteiger partial charge in [-0.05, 0) is 27.2 Å². The van der Waals surface area contributed by atoms with Crippen molar-refractivity contribution in [2.24, 2.45) is 0 Å². The van der Waals surface area contributed by atoms with Gasteiger partial charge in [-0.1, -0.05) is 0 Å². The lowest BCUT2D eigenvalue weighted by Crippen LogP contribution is -2.34. The Kier molecular flexibility index (Phi) is 5.87. The van der Waals surface area contributed by atoms with Crippen LogP contribution in [0.3, 0.4) is 0 Å². The number of carbonyl (C=O) groups is 1. The second kappa shape index (κ2) is 7.01. The highest BCUT2D eigenvalue weighted by Gasteiger charge is 2.26. The summed E-state index contributed by atoms with van der Waals surface area (Å²) in [5, 5.41) is 12.8. The lowest BCUT2D eigenvalue weighted by molar-refractivity contribution is -0.137. The van der Waals surface area contributed by atoms with Crippen LogP contribution < -0.4 is 4.72 Å². The quantitative estimate of drug-likeness (QED) is 0.712. The Labute approximate surface area is 124 Å². The Morgan fingerprint density at radius 2 is 2.10 bits per heavy atom. The van der Waals surface area contributed by atoms with Crippen molar-refractivity contribution in [3.05, 3.63) is 11.4 Å². The van der Waals surface area contributed by atoms with Crippen LogP contribution in [-0.2, 0) is 26.1 Å². The topological polar surface area (TPSA) is 111 Å². The van der Waals surface area contributed by atoms with Crippen molar-refractivity contribution in [1.82, 2.24) is 14.5 Å². The molecule has 0 saturated carbocycles. The van der Waals surface area contributed by atoms with Crippen LogP contribution in [0, 0.1) is 13.8 Å². The zero-order valence-electron chi connectivity index (χ0n) is 12.6. The van der Waals surface area contributed by atoms with Crippen molar-refractivity contribution in [2.75, 3.05) is 13.7 Å². The number of aromatic nitrogens is 2. The summed E-state index contributed by atoms with van der Waals surface area (Å²) in [6.07, 6.45) is 0.539. The van der Waals surface area contributed by atoms with Gasteiger partial charge in [0.05, 0.1) is 11.4 Å². The van der Waals surface area contributed by atoms with E-state index in [0.29, 0.717) is 18.7 Å². The molecule has 0 fully saturated rings. The Balaban J connectivity index is 3.03. The number of carboxylic acids is 1. The first kappa shape index (κ1) is 17.6. The molecule has 9 heteroatoms. The molecule has 0 spiro atoms. The number of aliphatic carboxylic acids is 1. The SMILES string of the molecule is COCCC(C)NS(=O)(=O)c1c(C)nn(CC(=O)O)c1C. The van der Waals surface area contributed by atoms with Crippen molar-refractivity contribution in [3.63, 3.8) is 0 Å². The Morgan fingerprint density at radius 1 is 1.48 bits per heavy atom. The third-order valence-corrected chi connectivity index (χ3v) is 4.82. The molecular formula is C12H21N3O5S. The monoisotopic (exact) mass is 319 g/mol. The number of sulfonamides is 1. The zero-order chi connectivity index (χ0) is 16.2. The first-order chi connectivity index (χ1) is 9.69. The van der Waals surface area contributed by atoms with E-state index < -0.39 is 16.0 Å². The minimum atomic E-state index is -3.75. The molecule has 0 radical (unpaired) electrons. The molecule has 1 unspecified atom stereocenters. The molecule has 0 bridgehead atoms. The van der Waals surface area contributed by atoms with Gasteiger partial charge in [-0.2, -0.15) is 5.10 Å². The maximum Gasteiger partial charge on any atom is 0.325 e.